The maximum atomic E-state index is 14.1. The molecule has 1 unspecified atom stereocenters. The summed E-state index contributed by atoms with van der Waals surface area (Å²) in [6.45, 7) is 9.36. The number of fused-ring (bicyclic) bond motifs is 5. The van der Waals surface area contributed by atoms with Crippen LogP contribution in [0.2, 0.25) is 0 Å². The van der Waals surface area contributed by atoms with Crippen molar-refractivity contribution < 1.29 is 19.2 Å². The van der Waals surface area contributed by atoms with Crippen molar-refractivity contribution in [1.82, 2.24) is 20.1 Å². The van der Waals surface area contributed by atoms with E-state index < -0.39 is 17.4 Å². The number of carbonyl (C=O) groups is 4. The summed E-state index contributed by atoms with van der Waals surface area (Å²) < 4.78 is 0.732. The van der Waals surface area contributed by atoms with Crippen LogP contribution < -0.4 is 10.2 Å². The van der Waals surface area contributed by atoms with Crippen molar-refractivity contribution in [3.05, 3.63) is 97.1 Å². The summed E-state index contributed by atoms with van der Waals surface area (Å²) >= 11 is 3.65. The van der Waals surface area contributed by atoms with E-state index in [-0.39, 0.29) is 24.0 Å². The smallest absolute Gasteiger partial charge is 0.256 e. The maximum Gasteiger partial charge on any atom is 0.256 e. The monoisotopic (exact) mass is 760 g/mol. The number of nitrogens with one attached hydrogen (secondary N) is 2. The fourth-order valence-electron chi connectivity index (χ4n) is 8.93. The van der Waals surface area contributed by atoms with Gasteiger partial charge in [-0.2, -0.15) is 5.26 Å². The number of H-pyrrole nitrogens is 1. The Hall–Kier alpha value is -4.79. The number of nitrogens with zero attached hydrogens (tertiary/aromatic N) is 4. The lowest BCUT2D eigenvalue weighted by atomic mass is 9.70. The highest BCUT2D eigenvalue weighted by molar-refractivity contribution is 9.10. The Morgan fingerprint density at radius 3 is 2.50 bits per heavy atom. The zero-order chi connectivity index (χ0) is 36.6. The van der Waals surface area contributed by atoms with Crippen molar-refractivity contribution in [1.29, 1.82) is 5.26 Å². The Bertz CT molecular complexity index is 2260. The molecule has 1 aliphatic carbocycles. The van der Waals surface area contributed by atoms with Crippen LogP contribution in [0.15, 0.2) is 46.9 Å². The number of halogens is 1. The molecule has 52 heavy (non-hydrogen) atoms. The largest absolute Gasteiger partial charge is 0.371 e. The molecule has 1 aromatic heterocycles. The molecule has 266 valence electrons. The first-order valence-electron chi connectivity index (χ1n) is 18.1. The van der Waals surface area contributed by atoms with E-state index in [0.29, 0.717) is 35.7 Å². The number of piperidine rings is 2. The average Bonchev–Trinajstić information content (AvgIpc) is 3.68. The van der Waals surface area contributed by atoms with Gasteiger partial charge in [0.2, 0.25) is 11.8 Å². The molecular weight excluding hydrogens is 720 g/mol. The minimum atomic E-state index is -0.638. The Morgan fingerprint density at radius 1 is 1.02 bits per heavy atom. The molecule has 1 atom stereocenters. The first-order chi connectivity index (χ1) is 24.9. The van der Waals surface area contributed by atoms with Gasteiger partial charge in [-0.1, -0.05) is 32.9 Å². The number of hydrogen-bond acceptors (Lipinski definition) is 7. The number of rotatable bonds is 6. The molecule has 8 rings (SSSR count). The Morgan fingerprint density at radius 2 is 1.79 bits per heavy atom. The van der Waals surface area contributed by atoms with Crippen LogP contribution in [0, 0.1) is 11.3 Å². The van der Waals surface area contributed by atoms with E-state index in [0.717, 1.165) is 82.2 Å². The molecule has 4 heterocycles. The third-order valence-corrected chi connectivity index (χ3v) is 12.4. The van der Waals surface area contributed by atoms with Crippen molar-refractivity contribution in [2.45, 2.75) is 83.5 Å². The lowest BCUT2D eigenvalue weighted by molar-refractivity contribution is -0.136. The summed E-state index contributed by atoms with van der Waals surface area (Å²) in [6.07, 6.45) is 3.36. The molecule has 11 heteroatoms. The number of nitriles is 1. The van der Waals surface area contributed by atoms with Crippen molar-refractivity contribution in [3.8, 4) is 6.07 Å². The van der Waals surface area contributed by atoms with Gasteiger partial charge in [-0.3, -0.25) is 29.4 Å². The van der Waals surface area contributed by atoms with Gasteiger partial charge in [0, 0.05) is 76.4 Å². The first kappa shape index (κ1) is 34.3. The third-order valence-electron chi connectivity index (χ3n) is 11.8. The van der Waals surface area contributed by atoms with Gasteiger partial charge in [0.25, 0.3) is 5.91 Å². The molecular formula is C41H41BrN6O4. The second-order valence-corrected chi connectivity index (χ2v) is 16.1. The van der Waals surface area contributed by atoms with E-state index in [1.807, 2.05) is 18.2 Å². The summed E-state index contributed by atoms with van der Waals surface area (Å²) in [5.74, 6) is -0.842. The molecule has 3 aromatic carbocycles. The van der Waals surface area contributed by atoms with E-state index in [1.54, 1.807) is 11.0 Å². The predicted octanol–water partition coefficient (Wildman–Crippen LogP) is 6.10. The number of aromatic amines is 1. The van der Waals surface area contributed by atoms with Crippen molar-refractivity contribution in [2.24, 2.45) is 0 Å². The van der Waals surface area contributed by atoms with Gasteiger partial charge in [0.15, 0.2) is 5.78 Å². The Labute approximate surface area is 311 Å². The number of aromatic nitrogens is 1. The summed E-state index contributed by atoms with van der Waals surface area (Å²) in [4.78, 5) is 61.7. The highest BCUT2D eigenvalue weighted by Gasteiger charge is 2.42. The van der Waals surface area contributed by atoms with Crippen LogP contribution in [-0.2, 0) is 34.5 Å². The molecule has 2 N–H and O–H groups in total. The average molecular weight is 762 g/mol. The molecule has 0 bridgehead atoms. The number of hydrogen-bond donors (Lipinski definition) is 2. The van der Waals surface area contributed by atoms with Crippen LogP contribution in [0.25, 0.3) is 10.9 Å². The SMILES string of the molecule is CCc1cc2c(cc1N1CCC(N(C)Cc3cc(Br)c4c(c3)CN(C3CCC(=O)NC3=O)C4=O)CC1)C(C)(C)c1[nH]c3cc(C#N)ccc3c1C2=O. The number of aryl methyl sites for hydroxylation is 1. The minimum Gasteiger partial charge on any atom is -0.371 e. The van der Waals surface area contributed by atoms with Crippen molar-refractivity contribution in [3.63, 3.8) is 0 Å². The minimum absolute atomic E-state index is 0.0353. The molecule has 0 saturated carbocycles. The summed E-state index contributed by atoms with van der Waals surface area (Å²) in [5.41, 5.74) is 9.32. The quantitative estimate of drug-likeness (QED) is 0.228. The fourth-order valence-corrected chi connectivity index (χ4v) is 9.65. The molecule has 0 radical (unpaired) electrons. The molecule has 2 fully saturated rings. The van der Waals surface area contributed by atoms with Gasteiger partial charge in [-0.05, 0) is 101 Å². The normalized spacial score (nSPS) is 19.9. The second kappa shape index (κ2) is 12.7. The van der Waals surface area contributed by atoms with Crippen LogP contribution in [0.4, 0.5) is 5.69 Å². The number of carbonyl (C=O) groups excluding carboxylic acids is 4. The molecule has 4 aromatic rings. The number of ketones is 1. The van der Waals surface area contributed by atoms with Gasteiger partial charge < -0.3 is 14.8 Å². The van der Waals surface area contributed by atoms with Crippen LogP contribution in [0.3, 0.4) is 0 Å². The first-order valence-corrected chi connectivity index (χ1v) is 18.9. The van der Waals surface area contributed by atoms with Crippen LogP contribution in [0.5, 0.6) is 0 Å². The molecule has 10 nitrogen and oxygen atoms in total. The number of imide groups is 1. The van der Waals surface area contributed by atoms with Gasteiger partial charge in [0.1, 0.15) is 6.04 Å². The standard InChI is InChI=1S/C41H41BrN6O4/c1-5-24-17-28-29(41(2,3)38-36(37(28)50)27-7-6-22(19-43)16-31(27)44-38)18-33(24)47-12-10-26(11-13-47)46(4)20-23-14-25-21-48(40(52)35(25)30(42)15-23)32-8-9-34(49)45-39(32)51/h6-7,14-18,26,32,44H,5,8-13,20-21H2,1-4H3,(H,45,49,51). The number of anilines is 1. The molecule has 4 aliphatic rings. The summed E-state index contributed by atoms with van der Waals surface area (Å²) in [5, 5.41) is 12.7. The van der Waals surface area contributed by atoms with Crippen molar-refractivity contribution >= 4 is 56.0 Å². The second-order valence-electron chi connectivity index (χ2n) is 15.2. The summed E-state index contributed by atoms with van der Waals surface area (Å²) in [7, 11) is 2.16. The predicted molar refractivity (Wildman–Crippen MR) is 201 cm³/mol. The van der Waals surface area contributed by atoms with E-state index in [4.69, 9.17) is 0 Å². The maximum absolute atomic E-state index is 14.1. The third kappa shape index (κ3) is 5.46. The molecule has 3 amide bonds. The number of benzene rings is 3. The van der Waals surface area contributed by atoms with Crippen LogP contribution in [0.1, 0.15) is 106 Å². The van der Waals surface area contributed by atoms with Gasteiger partial charge in [-0.25, -0.2) is 0 Å². The van der Waals surface area contributed by atoms with E-state index in [2.05, 4.69) is 88.1 Å². The highest BCUT2D eigenvalue weighted by atomic mass is 79.9. The van der Waals surface area contributed by atoms with E-state index >= 15 is 0 Å². The molecule has 2 saturated heterocycles. The Kier molecular flexibility index (Phi) is 8.38. The lowest BCUT2D eigenvalue weighted by Gasteiger charge is -2.40. The van der Waals surface area contributed by atoms with E-state index in [1.165, 1.54) is 11.3 Å². The fraction of sp³-hybridized carbons (Fsp3) is 0.390. The Balaban J connectivity index is 0.980. The summed E-state index contributed by atoms with van der Waals surface area (Å²) in [6, 6.07) is 15.9. The zero-order valence-corrected chi connectivity index (χ0v) is 31.4. The topological polar surface area (TPSA) is 130 Å². The van der Waals surface area contributed by atoms with Gasteiger partial charge in [-0.15, -0.1) is 0 Å². The number of amides is 3. The molecule has 0 spiro atoms. The van der Waals surface area contributed by atoms with E-state index in [9.17, 15) is 24.4 Å². The van der Waals surface area contributed by atoms with Crippen LogP contribution >= 0.6 is 15.9 Å². The highest BCUT2D eigenvalue weighted by Crippen LogP contribution is 2.46. The zero-order valence-electron chi connectivity index (χ0n) is 29.9. The lowest BCUT2D eigenvalue weighted by Crippen LogP contribution is -2.52. The van der Waals surface area contributed by atoms with Gasteiger partial charge >= 0.3 is 0 Å². The van der Waals surface area contributed by atoms with Gasteiger partial charge in [0.05, 0.1) is 22.8 Å². The van der Waals surface area contributed by atoms with Crippen molar-refractivity contribution in [2.75, 3.05) is 25.0 Å². The molecule has 3 aliphatic heterocycles. The van der Waals surface area contributed by atoms with Crippen LogP contribution in [-0.4, -0.2) is 70.5 Å².